The highest BCUT2D eigenvalue weighted by molar-refractivity contribution is 7.80. The highest BCUT2D eigenvalue weighted by Gasteiger charge is 2.13. The summed E-state index contributed by atoms with van der Waals surface area (Å²) in [6, 6.07) is 8.37. The van der Waals surface area contributed by atoms with E-state index in [0.717, 1.165) is 25.3 Å². The van der Waals surface area contributed by atoms with E-state index in [1.54, 1.807) is 0 Å². The molecular formula is C15H22N4S. The minimum atomic E-state index is 0.217. The quantitative estimate of drug-likeness (QED) is 0.830. The summed E-state index contributed by atoms with van der Waals surface area (Å²) in [6.07, 6.45) is 0. The SMILES string of the molecule is CCn1nc(CN(C)CC(C)C(N)=S)c2ccccc21. The Morgan fingerprint density at radius 2 is 2.15 bits per heavy atom. The zero-order valence-corrected chi connectivity index (χ0v) is 13.2. The van der Waals surface area contributed by atoms with Crippen LogP contribution >= 0.6 is 12.2 Å². The number of rotatable bonds is 6. The maximum absolute atomic E-state index is 5.68. The molecule has 0 amide bonds. The summed E-state index contributed by atoms with van der Waals surface area (Å²) in [5.41, 5.74) is 7.99. The number of aryl methyl sites for hydroxylation is 1. The van der Waals surface area contributed by atoms with Crippen LogP contribution in [-0.2, 0) is 13.1 Å². The van der Waals surface area contributed by atoms with Crippen LogP contribution in [0.15, 0.2) is 24.3 Å². The van der Waals surface area contributed by atoms with Gasteiger partial charge in [0.05, 0.1) is 16.2 Å². The molecule has 5 heteroatoms. The molecule has 0 saturated carbocycles. The first-order valence-electron chi connectivity index (χ1n) is 6.95. The molecule has 1 aromatic carbocycles. The topological polar surface area (TPSA) is 47.1 Å². The van der Waals surface area contributed by atoms with Crippen molar-refractivity contribution in [3.05, 3.63) is 30.0 Å². The van der Waals surface area contributed by atoms with Crippen molar-refractivity contribution >= 4 is 28.1 Å². The van der Waals surface area contributed by atoms with Gasteiger partial charge in [-0.2, -0.15) is 5.10 Å². The molecule has 2 rings (SSSR count). The van der Waals surface area contributed by atoms with Gasteiger partial charge >= 0.3 is 0 Å². The van der Waals surface area contributed by atoms with Crippen LogP contribution in [0, 0.1) is 5.92 Å². The van der Waals surface area contributed by atoms with Gasteiger partial charge in [-0.25, -0.2) is 0 Å². The third kappa shape index (κ3) is 3.16. The number of benzene rings is 1. The predicted octanol–water partition coefficient (Wildman–Crippen LogP) is 2.41. The van der Waals surface area contributed by atoms with Crippen LogP contribution in [0.25, 0.3) is 10.9 Å². The van der Waals surface area contributed by atoms with E-state index in [1.165, 1.54) is 10.9 Å². The van der Waals surface area contributed by atoms with Gasteiger partial charge in [0.15, 0.2) is 0 Å². The van der Waals surface area contributed by atoms with Gasteiger partial charge in [-0.15, -0.1) is 0 Å². The summed E-state index contributed by atoms with van der Waals surface area (Å²) >= 11 is 5.03. The molecule has 0 saturated heterocycles. The van der Waals surface area contributed by atoms with E-state index >= 15 is 0 Å². The normalized spacial score (nSPS) is 13.0. The largest absolute Gasteiger partial charge is 0.393 e. The van der Waals surface area contributed by atoms with E-state index in [-0.39, 0.29) is 5.92 Å². The number of hydrogen-bond donors (Lipinski definition) is 1. The number of para-hydroxylation sites is 1. The molecular weight excluding hydrogens is 268 g/mol. The highest BCUT2D eigenvalue weighted by Crippen LogP contribution is 2.19. The molecule has 0 aliphatic carbocycles. The zero-order chi connectivity index (χ0) is 14.7. The molecule has 1 aromatic heterocycles. The van der Waals surface area contributed by atoms with Crippen LogP contribution in [0.3, 0.4) is 0 Å². The maximum Gasteiger partial charge on any atom is 0.0843 e. The van der Waals surface area contributed by atoms with Gasteiger partial charge < -0.3 is 5.73 Å². The first-order valence-corrected chi connectivity index (χ1v) is 7.36. The Balaban J connectivity index is 2.19. The molecule has 1 unspecified atom stereocenters. The average Bonchev–Trinajstić information content (AvgIpc) is 2.77. The molecule has 0 bridgehead atoms. The molecule has 0 aliphatic heterocycles. The molecule has 108 valence electrons. The number of aromatic nitrogens is 2. The number of hydrogen-bond acceptors (Lipinski definition) is 3. The second kappa shape index (κ2) is 6.33. The Morgan fingerprint density at radius 3 is 2.80 bits per heavy atom. The van der Waals surface area contributed by atoms with Gasteiger partial charge in [0.2, 0.25) is 0 Å². The van der Waals surface area contributed by atoms with Crippen molar-refractivity contribution in [2.75, 3.05) is 13.6 Å². The minimum absolute atomic E-state index is 0.217. The van der Waals surface area contributed by atoms with Crippen LogP contribution in [0.1, 0.15) is 19.5 Å². The van der Waals surface area contributed by atoms with E-state index in [2.05, 4.69) is 54.7 Å². The standard InChI is InChI=1S/C15H22N4S/c1-4-19-14-8-6-5-7-12(14)13(17-19)10-18(3)9-11(2)15(16)20/h5-8,11H,4,9-10H2,1-3H3,(H2,16,20). The summed E-state index contributed by atoms with van der Waals surface area (Å²) < 4.78 is 2.05. The maximum atomic E-state index is 5.68. The lowest BCUT2D eigenvalue weighted by Crippen LogP contribution is -2.31. The van der Waals surface area contributed by atoms with Crippen LogP contribution in [0.2, 0.25) is 0 Å². The van der Waals surface area contributed by atoms with Crippen LogP contribution in [0.4, 0.5) is 0 Å². The number of nitrogens with two attached hydrogens (primary N) is 1. The first kappa shape index (κ1) is 14.9. The Hall–Kier alpha value is -1.46. The molecule has 1 heterocycles. The summed E-state index contributed by atoms with van der Waals surface area (Å²) in [5.74, 6) is 0.217. The van der Waals surface area contributed by atoms with Gasteiger partial charge in [0.1, 0.15) is 0 Å². The molecule has 0 fully saturated rings. The second-order valence-corrected chi connectivity index (χ2v) is 5.75. The number of thiocarbonyl (C=S) groups is 1. The molecule has 2 aromatic rings. The molecule has 0 aliphatic rings. The number of fused-ring (bicyclic) bond motifs is 1. The monoisotopic (exact) mass is 290 g/mol. The lowest BCUT2D eigenvalue weighted by Gasteiger charge is -2.19. The van der Waals surface area contributed by atoms with E-state index in [9.17, 15) is 0 Å². The zero-order valence-electron chi connectivity index (χ0n) is 12.3. The predicted molar refractivity (Wildman–Crippen MR) is 87.7 cm³/mol. The number of nitrogens with zero attached hydrogens (tertiary/aromatic N) is 3. The van der Waals surface area contributed by atoms with E-state index in [4.69, 9.17) is 23.1 Å². The van der Waals surface area contributed by atoms with E-state index in [0.29, 0.717) is 4.99 Å². The Morgan fingerprint density at radius 1 is 1.45 bits per heavy atom. The average molecular weight is 290 g/mol. The van der Waals surface area contributed by atoms with Gasteiger partial charge in [0.25, 0.3) is 0 Å². The van der Waals surface area contributed by atoms with Crippen molar-refractivity contribution in [1.82, 2.24) is 14.7 Å². The van der Waals surface area contributed by atoms with Gasteiger partial charge in [-0.3, -0.25) is 9.58 Å². The van der Waals surface area contributed by atoms with Crippen molar-refractivity contribution < 1.29 is 0 Å². The van der Waals surface area contributed by atoms with Gasteiger partial charge in [-0.1, -0.05) is 37.3 Å². The molecule has 20 heavy (non-hydrogen) atoms. The lowest BCUT2D eigenvalue weighted by atomic mass is 10.1. The van der Waals surface area contributed by atoms with E-state index in [1.807, 2.05) is 0 Å². The van der Waals surface area contributed by atoms with Crippen molar-refractivity contribution in [1.29, 1.82) is 0 Å². The van der Waals surface area contributed by atoms with Crippen molar-refractivity contribution in [3.63, 3.8) is 0 Å². The van der Waals surface area contributed by atoms with Crippen molar-refractivity contribution in [2.24, 2.45) is 11.7 Å². The fourth-order valence-corrected chi connectivity index (χ4v) is 2.51. The molecule has 0 radical (unpaired) electrons. The molecule has 4 nitrogen and oxygen atoms in total. The Kier molecular flexibility index (Phi) is 4.73. The molecule has 2 N–H and O–H groups in total. The Bertz CT molecular complexity index is 605. The summed E-state index contributed by atoms with van der Waals surface area (Å²) in [7, 11) is 2.08. The third-order valence-corrected chi connectivity index (χ3v) is 3.93. The third-order valence-electron chi connectivity index (χ3n) is 3.52. The fraction of sp³-hybridized carbons (Fsp3) is 0.467. The Labute approximate surface area is 125 Å². The van der Waals surface area contributed by atoms with Gasteiger partial charge in [0, 0.05) is 30.9 Å². The molecule has 0 spiro atoms. The van der Waals surface area contributed by atoms with Crippen molar-refractivity contribution in [3.8, 4) is 0 Å². The van der Waals surface area contributed by atoms with Crippen LogP contribution < -0.4 is 5.73 Å². The van der Waals surface area contributed by atoms with Gasteiger partial charge in [-0.05, 0) is 20.0 Å². The van der Waals surface area contributed by atoms with Crippen LogP contribution in [0.5, 0.6) is 0 Å². The summed E-state index contributed by atoms with van der Waals surface area (Å²) in [5, 5.41) is 5.94. The second-order valence-electron chi connectivity index (χ2n) is 5.28. The smallest absolute Gasteiger partial charge is 0.0843 e. The van der Waals surface area contributed by atoms with Crippen molar-refractivity contribution in [2.45, 2.75) is 26.9 Å². The fourth-order valence-electron chi connectivity index (χ4n) is 2.43. The summed E-state index contributed by atoms with van der Waals surface area (Å²) in [6.45, 7) is 6.71. The lowest BCUT2D eigenvalue weighted by molar-refractivity contribution is 0.304. The highest BCUT2D eigenvalue weighted by atomic mass is 32.1. The van der Waals surface area contributed by atoms with E-state index < -0.39 is 0 Å². The molecule has 1 atom stereocenters. The summed E-state index contributed by atoms with van der Waals surface area (Å²) in [4.78, 5) is 2.79. The first-order chi connectivity index (χ1) is 9.52. The van der Waals surface area contributed by atoms with Crippen LogP contribution in [-0.4, -0.2) is 33.3 Å². The minimum Gasteiger partial charge on any atom is -0.393 e.